The topological polar surface area (TPSA) is 84.5 Å². The number of ether oxygens (including phenoxy) is 1. The van der Waals surface area contributed by atoms with Crippen LogP contribution >= 0.6 is 11.6 Å². The van der Waals surface area contributed by atoms with E-state index in [0.29, 0.717) is 22.0 Å². The Morgan fingerprint density at radius 2 is 1.68 bits per heavy atom. The minimum absolute atomic E-state index is 0.0702. The maximum atomic E-state index is 12.5. The molecule has 8 heteroatoms. The van der Waals surface area contributed by atoms with Gasteiger partial charge in [-0.25, -0.2) is 8.42 Å². The van der Waals surface area contributed by atoms with Crippen molar-refractivity contribution in [2.24, 2.45) is 0 Å². The number of methoxy groups -OCH3 is 1. The van der Waals surface area contributed by atoms with Crippen molar-refractivity contribution in [2.45, 2.75) is 4.90 Å². The van der Waals surface area contributed by atoms with Gasteiger partial charge in [0.25, 0.3) is 15.9 Å². The van der Waals surface area contributed by atoms with Crippen molar-refractivity contribution in [3.63, 3.8) is 0 Å². The summed E-state index contributed by atoms with van der Waals surface area (Å²) in [5, 5.41) is 3.19. The van der Waals surface area contributed by atoms with Gasteiger partial charge in [-0.1, -0.05) is 29.8 Å². The third-order valence-electron chi connectivity index (χ3n) is 3.86. The number of carbonyl (C=O) groups excluding carboxylic acids is 1. The first-order valence-corrected chi connectivity index (χ1v) is 10.1. The Labute approximate surface area is 168 Å². The van der Waals surface area contributed by atoms with Gasteiger partial charge in [0.2, 0.25) is 0 Å². The second kappa shape index (κ2) is 8.33. The summed E-state index contributed by atoms with van der Waals surface area (Å²) >= 11 is 5.80. The lowest BCUT2D eigenvalue weighted by molar-refractivity contribution is 0.102. The van der Waals surface area contributed by atoms with Gasteiger partial charge in [0.15, 0.2) is 0 Å². The van der Waals surface area contributed by atoms with Crippen LogP contribution < -0.4 is 14.8 Å². The molecule has 0 heterocycles. The first-order valence-electron chi connectivity index (χ1n) is 8.22. The smallest absolute Gasteiger partial charge is 0.261 e. The van der Waals surface area contributed by atoms with E-state index in [2.05, 4.69) is 10.0 Å². The van der Waals surface area contributed by atoms with Crippen molar-refractivity contribution < 1.29 is 17.9 Å². The maximum Gasteiger partial charge on any atom is 0.261 e. The predicted molar refractivity (Wildman–Crippen MR) is 110 cm³/mol. The quantitative estimate of drug-likeness (QED) is 0.623. The molecule has 2 N–H and O–H groups in total. The van der Waals surface area contributed by atoms with E-state index < -0.39 is 15.9 Å². The van der Waals surface area contributed by atoms with Crippen LogP contribution in [0.15, 0.2) is 77.7 Å². The number of nitrogens with one attached hydrogen (secondary N) is 2. The molecule has 3 rings (SSSR count). The molecule has 0 unspecified atom stereocenters. The third kappa shape index (κ3) is 4.62. The van der Waals surface area contributed by atoms with E-state index in [1.54, 1.807) is 42.5 Å². The molecule has 0 atom stereocenters. The van der Waals surface area contributed by atoms with E-state index in [-0.39, 0.29) is 10.6 Å². The lowest BCUT2D eigenvalue weighted by Crippen LogP contribution is -2.15. The molecule has 0 aliphatic rings. The highest BCUT2D eigenvalue weighted by Crippen LogP contribution is 2.24. The molecule has 0 aliphatic heterocycles. The Morgan fingerprint density at radius 3 is 2.39 bits per heavy atom. The number of sulfonamides is 1. The van der Waals surface area contributed by atoms with Crippen molar-refractivity contribution in [1.29, 1.82) is 0 Å². The minimum atomic E-state index is -3.80. The average Bonchev–Trinajstić information content (AvgIpc) is 2.68. The van der Waals surface area contributed by atoms with Crippen molar-refractivity contribution in [3.05, 3.63) is 83.4 Å². The highest BCUT2D eigenvalue weighted by Gasteiger charge is 2.15. The van der Waals surface area contributed by atoms with E-state index in [0.717, 1.165) is 0 Å². The number of amides is 1. The molecule has 0 fully saturated rings. The number of para-hydroxylation sites is 2. The Hall–Kier alpha value is -3.03. The molecule has 144 valence electrons. The summed E-state index contributed by atoms with van der Waals surface area (Å²) in [6.07, 6.45) is 0. The summed E-state index contributed by atoms with van der Waals surface area (Å²) in [7, 11) is -2.29. The van der Waals surface area contributed by atoms with Crippen LogP contribution in [-0.4, -0.2) is 21.4 Å². The van der Waals surface area contributed by atoms with Crippen LogP contribution in [0.2, 0.25) is 5.02 Å². The first kappa shape index (κ1) is 19.7. The van der Waals surface area contributed by atoms with Crippen LogP contribution in [0, 0.1) is 0 Å². The molecule has 0 aromatic heterocycles. The van der Waals surface area contributed by atoms with Crippen LogP contribution in [0.5, 0.6) is 5.75 Å². The van der Waals surface area contributed by atoms with Crippen molar-refractivity contribution in [2.75, 3.05) is 17.1 Å². The molecule has 0 spiro atoms. The SMILES string of the molecule is COc1ccccc1NC(=O)c1cccc(NS(=O)(=O)c2ccc(Cl)cc2)c1. The van der Waals surface area contributed by atoms with Gasteiger partial charge in [0, 0.05) is 16.3 Å². The number of hydrogen-bond donors (Lipinski definition) is 2. The van der Waals surface area contributed by atoms with Gasteiger partial charge in [0.05, 0.1) is 17.7 Å². The standard InChI is InChI=1S/C20H17ClN2O4S/c1-27-19-8-3-2-7-18(19)22-20(24)14-5-4-6-16(13-14)23-28(25,26)17-11-9-15(21)10-12-17/h2-13,23H,1H3,(H,22,24). The summed E-state index contributed by atoms with van der Waals surface area (Å²) < 4.78 is 32.7. The van der Waals surface area contributed by atoms with E-state index in [9.17, 15) is 13.2 Å². The van der Waals surface area contributed by atoms with Gasteiger partial charge in [-0.2, -0.15) is 0 Å². The first-order chi connectivity index (χ1) is 13.4. The zero-order valence-electron chi connectivity index (χ0n) is 14.8. The number of rotatable bonds is 6. The number of carbonyl (C=O) groups is 1. The fraction of sp³-hybridized carbons (Fsp3) is 0.0500. The number of hydrogen-bond acceptors (Lipinski definition) is 4. The molecule has 28 heavy (non-hydrogen) atoms. The second-order valence-electron chi connectivity index (χ2n) is 5.79. The largest absolute Gasteiger partial charge is 0.495 e. The minimum Gasteiger partial charge on any atom is -0.495 e. The monoisotopic (exact) mass is 416 g/mol. The van der Waals surface area contributed by atoms with Gasteiger partial charge < -0.3 is 10.1 Å². The van der Waals surface area contributed by atoms with E-state index >= 15 is 0 Å². The molecule has 0 aliphatic carbocycles. The molecule has 1 amide bonds. The molecule has 0 bridgehead atoms. The molecule has 0 saturated heterocycles. The zero-order chi connectivity index (χ0) is 20.1. The molecule has 0 radical (unpaired) electrons. The summed E-state index contributed by atoms with van der Waals surface area (Å²) in [6, 6.07) is 19.0. The van der Waals surface area contributed by atoms with Crippen LogP contribution in [-0.2, 0) is 10.0 Å². The zero-order valence-corrected chi connectivity index (χ0v) is 16.4. The molecular weight excluding hydrogens is 400 g/mol. The lowest BCUT2D eigenvalue weighted by atomic mass is 10.2. The Bertz CT molecular complexity index is 1100. The van der Waals surface area contributed by atoms with Crippen LogP contribution in [0.1, 0.15) is 10.4 Å². The van der Waals surface area contributed by atoms with Gasteiger partial charge in [0.1, 0.15) is 5.75 Å². The average molecular weight is 417 g/mol. The molecule has 3 aromatic carbocycles. The fourth-order valence-electron chi connectivity index (χ4n) is 2.49. The van der Waals surface area contributed by atoms with Gasteiger partial charge in [-0.05, 0) is 54.6 Å². The van der Waals surface area contributed by atoms with E-state index in [1.807, 2.05) is 0 Å². The Balaban J connectivity index is 1.80. The summed E-state index contributed by atoms with van der Waals surface area (Å²) in [4.78, 5) is 12.6. The second-order valence-corrected chi connectivity index (χ2v) is 7.91. The molecule has 3 aromatic rings. The Morgan fingerprint density at radius 1 is 0.964 bits per heavy atom. The third-order valence-corrected chi connectivity index (χ3v) is 5.51. The lowest BCUT2D eigenvalue weighted by Gasteiger charge is -2.11. The van der Waals surface area contributed by atoms with E-state index in [1.165, 1.54) is 37.4 Å². The van der Waals surface area contributed by atoms with Gasteiger partial charge in [-0.3, -0.25) is 9.52 Å². The van der Waals surface area contributed by atoms with Crippen LogP contribution in [0.4, 0.5) is 11.4 Å². The Kier molecular flexibility index (Phi) is 5.87. The molecular formula is C20H17ClN2O4S. The van der Waals surface area contributed by atoms with Crippen LogP contribution in [0.25, 0.3) is 0 Å². The predicted octanol–water partition coefficient (Wildman–Crippen LogP) is 4.40. The summed E-state index contributed by atoms with van der Waals surface area (Å²) in [5.41, 5.74) is 1.08. The highest BCUT2D eigenvalue weighted by molar-refractivity contribution is 7.92. The summed E-state index contributed by atoms with van der Waals surface area (Å²) in [6.45, 7) is 0. The highest BCUT2D eigenvalue weighted by atomic mass is 35.5. The van der Waals surface area contributed by atoms with E-state index in [4.69, 9.17) is 16.3 Å². The fourth-order valence-corrected chi connectivity index (χ4v) is 3.67. The number of anilines is 2. The number of halogens is 1. The van der Waals surface area contributed by atoms with Crippen molar-refractivity contribution in [1.82, 2.24) is 0 Å². The molecule has 0 saturated carbocycles. The van der Waals surface area contributed by atoms with Crippen molar-refractivity contribution in [3.8, 4) is 5.75 Å². The molecule has 6 nitrogen and oxygen atoms in total. The van der Waals surface area contributed by atoms with Crippen LogP contribution in [0.3, 0.4) is 0 Å². The normalized spacial score (nSPS) is 10.9. The number of benzene rings is 3. The summed E-state index contributed by atoms with van der Waals surface area (Å²) in [5.74, 6) is 0.132. The van der Waals surface area contributed by atoms with Crippen molar-refractivity contribution >= 4 is 38.9 Å². The van der Waals surface area contributed by atoms with Gasteiger partial charge >= 0.3 is 0 Å². The maximum absolute atomic E-state index is 12.5. The van der Waals surface area contributed by atoms with Gasteiger partial charge in [-0.15, -0.1) is 0 Å².